The molecule has 0 heterocycles. The SMILES string of the molecule is C=C(C)Nc1ccc([N+](=O)[O-])cc1Br. The Hall–Kier alpha value is -1.36. The summed E-state index contributed by atoms with van der Waals surface area (Å²) in [5.74, 6) is 0. The number of hydrogen-bond acceptors (Lipinski definition) is 3. The number of rotatable bonds is 3. The van der Waals surface area contributed by atoms with Crippen molar-refractivity contribution in [2.45, 2.75) is 6.92 Å². The standard InChI is InChI=1S/C9H9BrN2O2/c1-6(2)11-9-4-3-7(12(13)14)5-8(9)10/h3-5,11H,1H2,2H3. The van der Waals surface area contributed by atoms with Crippen molar-refractivity contribution in [1.82, 2.24) is 0 Å². The van der Waals surface area contributed by atoms with Crippen LogP contribution >= 0.6 is 15.9 Å². The number of anilines is 1. The van der Waals surface area contributed by atoms with Gasteiger partial charge in [-0.05, 0) is 28.9 Å². The largest absolute Gasteiger partial charge is 0.359 e. The highest BCUT2D eigenvalue weighted by atomic mass is 79.9. The lowest BCUT2D eigenvalue weighted by atomic mass is 10.3. The van der Waals surface area contributed by atoms with Gasteiger partial charge in [0, 0.05) is 22.3 Å². The van der Waals surface area contributed by atoms with Crippen LogP contribution in [0.15, 0.2) is 34.9 Å². The van der Waals surface area contributed by atoms with Crippen LogP contribution in [0.5, 0.6) is 0 Å². The van der Waals surface area contributed by atoms with Crippen molar-refractivity contribution < 1.29 is 4.92 Å². The van der Waals surface area contributed by atoms with Crippen molar-refractivity contribution in [2.75, 3.05) is 5.32 Å². The summed E-state index contributed by atoms with van der Waals surface area (Å²) in [5, 5.41) is 13.4. The molecule has 1 rings (SSSR count). The molecule has 0 saturated heterocycles. The topological polar surface area (TPSA) is 55.2 Å². The molecule has 1 aromatic rings. The van der Waals surface area contributed by atoms with Gasteiger partial charge in [0.1, 0.15) is 0 Å². The summed E-state index contributed by atoms with van der Waals surface area (Å²) >= 11 is 3.24. The number of allylic oxidation sites excluding steroid dienone is 1. The lowest BCUT2D eigenvalue weighted by Gasteiger charge is -2.06. The number of nitro benzene ring substituents is 1. The molecule has 0 fully saturated rings. The number of nitrogens with zero attached hydrogens (tertiary/aromatic N) is 1. The van der Waals surface area contributed by atoms with Crippen molar-refractivity contribution >= 4 is 27.3 Å². The van der Waals surface area contributed by atoms with Crippen molar-refractivity contribution in [3.05, 3.63) is 45.1 Å². The molecule has 0 aliphatic heterocycles. The van der Waals surface area contributed by atoms with Gasteiger partial charge in [-0.3, -0.25) is 10.1 Å². The second-order valence-corrected chi connectivity index (χ2v) is 3.68. The van der Waals surface area contributed by atoms with Gasteiger partial charge in [-0.1, -0.05) is 6.58 Å². The quantitative estimate of drug-likeness (QED) is 0.667. The summed E-state index contributed by atoms with van der Waals surface area (Å²) in [6.45, 7) is 5.50. The zero-order valence-electron chi connectivity index (χ0n) is 7.58. The van der Waals surface area contributed by atoms with E-state index >= 15 is 0 Å². The van der Waals surface area contributed by atoms with Gasteiger partial charge >= 0.3 is 0 Å². The van der Waals surface area contributed by atoms with Gasteiger partial charge in [-0.2, -0.15) is 0 Å². The molecule has 0 spiro atoms. The molecule has 0 aromatic heterocycles. The minimum absolute atomic E-state index is 0.0594. The molecule has 0 aliphatic rings. The molecule has 1 N–H and O–H groups in total. The molecule has 0 saturated carbocycles. The summed E-state index contributed by atoms with van der Waals surface area (Å²) < 4.78 is 0.648. The minimum atomic E-state index is -0.435. The van der Waals surface area contributed by atoms with E-state index in [9.17, 15) is 10.1 Å². The first-order chi connectivity index (χ1) is 6.50. The highest BCUT2D eigenvalue weighted by molar-refractivity contribution is 9.10. The van der Waals surface area contributed by atoms with E-state index in [1.807, 2.05) is 6.92 Å². The minimum Gasteiger partial charge on any atom is -0.359 e. The van der Waals surface area contributed by atoms with Crippen LogP contribution in [0.25, 0.3) is 0 Å². The van der Waals surface area contributed by atoms with Crippen LogP contribution in [0.1, 0.15) is 6.92 Å². The van der Waals surface area contributed by atoms with Crippen LogP contribution in [-0.2, 0) is 0 Å². The Kier molecular flexibility index (Phi) is 3.24. The van der Waals surface area contributed by atoms with Gasteiger partial charge in [0.25, 0.3) is 5.69 Å². The van der Waals surface area contributed by atoms with Gasteiger partial charge in [-0.25, -0.2) is 0 Å². The molecule has 74 valence electrons. The van der Waals surface area contributed by atoms with E-state index < -0.39 is 4.92 Å². The van der Waals surface area contributed by atoms with Crippen LogP contribution in [-0.4, -0.2) is 4.92 Å². The first kappa shape index (κ1) is 10.7. The maximum absolute atomic E-state index is 10.4. The van der Waals surface area contributed by atoms with E-state index in [1.54, 1.807) is 6.07 Å². The molecule has 0 radical (unpaired) electrons. The molecule has 5 heteroatoms. The Balaban J connectivity index is 3.01. The molecule has 4 nitrogen and oxygen atoms in total. The number of benzene rings is 1. The third kappa shape index (κ3) is 2.56. The smallest absolute Gasteiger partial charge is 0.270 e. The molecular formula is C9H9BrN2O2. The predicted molar refractivity (Wildman–Crippen MR) is 59.2 cm³/mol. The fourth-order valence-electron chi connectivity index (χ4n) is 0.949. The molecule has 0 unspecified atom stereocenters. The van der Waals surface area contributed by atoms with E-state index in [0.717, 1.165) is 11.4 Å². The number of nitro groups is 1. The molecule has 1 aromatic carbocycles. The Morgan fingerprint density at radius 3 is 2.71 bits per heavy atom. The molecule has 0 amide bonds. The van der Waals surface area contributed by atoms with E-state index in [0.29, 0.717) is 4.47 Å². The number of halogens is 1. The third-order valence-electron chi connectivity index (χ3n) is 1.51. The average Bonchev–Trinajstić information content (AvgIpc) is 2.07. The Morgan fingerprint density at radius 1 is 1.64 bits per heavy atom. The molecular weight excluding hydrogens is 248 g/mol. The number of hydrogen-bond donors (Lipinski definition) is 1. The second-order valence-electron chi connectivity index (χ2n) is 2.83. The van der Waals surface area contributed by atoms with Gasteiger partial charge in [-0.15, -0.1) is 0 Å². The summed E-state index contributed by atoms with van der Waals surface area (Å²) in [7, 11) is 0. The summed E-state index contributed by atoms with van der Waals surface area (Å²) in [6, 6.07) is 4.53. The van der Waals surface area contributed by atoms with E-state index in [-0.39, 0.29) is 5.69 Å². The zero-order valence-corrected chi connectivity index (χ0v) is 9.17. The van der Waals surface area contributed by atoms with Gasteiger partial charge in [0.15, 0.2) is 0 Å². The van der Waals surface area contributed by atoms with Gasteiger partial charge in [0.2, 0.25) is 0 Å². The van der Waals surface area contributed by atoms with Crippen molar-refractivity contribution in [3.8, 4) is 0 Å². The summed E-state index contributed by atoms with van der Waals surface area (Å²) in [5.41, 5.74) is 1.60. The highest BCUT2D eigenvalue weighted by Crippen LogP contribution is 2.27. The molecule has 0 atom stereocenters. The monoisotopic (exact) mass is 256 g/mol. The Bertz CT molecular complexity index is 390. The van der Waals surface area contributed by atoms with Crippen LogP contribution in [0, 0.1) is 10.1 Å². The van der Waals surface area contributed by atoms with Crippen LogP contribution < -0.4 is 5.32 Å². The number of nitrogens with one attached hydrogen (secondary N) is 1. The van der Waals surface area contributed by atoms with Crippen molar-refractivity contribution in [1.29, 1.82) is 0 Å². The predicted octanol–water partition coefficient (Wildman–Crippen LogP) is 3.30. The first-order valence-electron chi connectivity index (χ1n) is 3.87. The van der Waals surface area contributed by atoms with Crippen LogP contribution in [0.4, 0.5) is 11.4 Å². The van der Waals surface area contributed by atoms with Gasteiger partial charge in [0.05, 0.1) is 10.6 Å². The van der Waals surface area contributed by atoms with Crippen molar-refractivity contribution in [2.24, 2.45) is 0 Å². The fourth-order valence-corrected chi connectivity index (χ4v) is 1.41. The lowest BCUT2D eigenvalue weighted by molar-refractivity contribution is -0.384. The Labute approximate surface area is 89.9 Å². The summed E-state index contributed by atoms with van der Waals surface area (Å²) in [4.78, 5) is 10.00. The Morgan fingerprint density at radius 2 is 2.29 bits per heavy atom. The lowest BCUT2D eigenvalue weighted by Crippen LogP contribution is -1.95. The van der Waals surface area contributed by atoms with E-state index in [1.165, 1.54) is 12.1 Å². The van der Waals surface area contributed by atoms with E-state index in [2.05, 4.69) is 27.8 Å². The second kappa shape index (κ2) is 4.23. The van der Waals surface area contributed by atoms with Crippen LogP contribution in [0.3, 0.4) is 0 Å². The third-order valence-corrected chi connectivity index (χ3v) is 2.17. The first-order valence-corrected chi connectivity index (χ1v) is 4.66. The normalized spacial score (nSPS) is 9.57. The average molecular weight is 257 g/mol. The molecule has 0 bridgehead atoms. The molecule has 0 aliphatic carbocycles. The van der Waals surface area contributed by atoms with Crippen LogP contribution in [0.2, 0.25) is 0 Å². The summed E-state index contributed by atoms with van der Waals surface area (Å²) in [6.07, 6.45) is 0. The highest BCUT2D eigenvalue weighted by Gasteiger charge is 2.08. The zero-order chi connectivity index (χ0) is 10.7. The molecule has 14 heavy (non-hydrogen) atoms. The van der Waals surface area contributed by atoms with Crippen molar-refractivity contribution in [3.63, 3.8) is 0 Å². The maximum Gasteiger partial charge on any atom is 0.270 e. The van der Waals surface area contributed by atoms with Gasteiger partial charge < -0.3 is 5.32 Å². The fraction of sp³-hybridized carbons (Fsp3) is 0.111. The number of non-ortho nitro benzene ring substituents is 1. The van der Waals surface area contributed by atoms with E-state index in [4.69, 9.17) is 0 Å². The maximum atomic E-state index is 10.4.